The lowest BCUT2D eigenvalue weighted by molar-refractivity contribution is -0.110. The molecule has 0 amide bonds. The fourth-order valence-electron chi connectivity index (χ4n) is 10.7. The van der Waals surface area contributed by atoms with Crippen molar-refractivity contribution >= 4 is 11.5 Å². The molecule has 8 rings (SSSR count). The Labute approximate surface area is 300 Å². The van der Waals surface area contributed by atoms with Crippen LogP contribution in [0.5, 0.6) is 5.75 Å². The van der Waals surface area contributed by atoms with Crippen molar-refractivity contribution < 1.29 is 9.84 Å². The van der Waals surface area contributed by atoms with E-state index in [4.69, 9.17) is 10.5 Å². The second-order valence-corrected chi connectivity index (χ2v) is 17.3. The Hall–Kier alpha value is -2.50. The van der Waals surface area contributed by atoms with Gasteiger partial charge in [-0.25, -0.2) is 0 Å². The second kappa shape index (κ2) is 14.5. The van der Waals surface area contributed by atoms with E-state index in [-0.39, 0.29) is 11.3 Å². The number of ether oxygens (including phenoxy) is 1. The number of fused-ring (bicyclic) bond motifs is 2. The van der Waals surface area contributed by atoms with Crippen LogP contribution in [0.1, 0.15) is 78.1 Å². The van der Waals surface area contributed by atoms with Crippen LogP contribution in [-0.2, 0) is 4.74 Å². The summed E-state index contributed by atoms with van der Waals surface area (Å²) in [5.74, 6) is 2.29. The van der Waals surface area contributed by atoms with Crippen LogP contribution in [0.15, 0.2) is 30.3 Å². The number of nitrogens with zero attached hydrogens (tertiary/aromatic N) is 7. The highest BCUT2D eigenvalue weighted by Crippen LogP contribution is 2.45. The van der Waals surface area contributed by atoms with E-state index in [1.807, 2.05) is 24.3 Å². The van der Waals surface area contributed by atoms with Crippen molar-refractivity contribution in [2.45, 2.75) is 114 Å². The first-order valence-electron chi connectivity index (χ1n) is 20.0. The summed E-state index contributed by atoms with van der Waals surface area (Å²) in [5, 5.41) is 19.1. The lowest BCUT2D eigenvalue weighted by Gasteiger charge is -2.55. The van der Waals surface area contributed by atoms with E-state index in [1.165, 1.54) is 110 Å². The number of aromatic nitrogens is 2. The van der Waals surface area contributed by atoms with Gasteiger partial charge in [0.15, 0.2) is 5.82 Å². The molecule has 2 aromatic rings. The summed E-state index contributed by atoms with van der Waals surface area (Å²) >= 11 is 0. The van der Waals surface area contributed by atoms with Gasteiger partial charge in [0.05, 0.1) is 23.6 Å². The van der Waals surface area contributed by atoms with Gasteiger partial charge < -0.3 is 35.2 Å². The SMILES string of the molecule is CN1CCC(CN2CCC(OC3CC(N4CCC(C(C)(C)N5C6CCC5CN(c5cc(-c7ccccc7O)nnc5N)C6)CC4)C3)CC2)CC1. The molecule has 5 saturated heterocycles. The third kappa shape index (κ3) is 7.12. The number of piperidine rings is 3. The number of phenols is 1. The summed E-state index contributed by atoms with van der Waals surface area (Å²) < 4.78 is 6.67. The van der Waals surface area contributed by atoms with E-state index in [0.29, 0.717) is 47.3 Å². The zero-order valence-electron chi connectivity index (χ0n) is 30.9. The zero-order valence-corrected chi connectivity index (χ0v) is 30.9. The first-order chi connectivity index (χ1) is 24.2. The molecule has 2 unspecified atom stereocenters. The standard InChI is InChI=1S/C40H62N8O2/c1-40(2,48-30-8-9-31(48)27-47(26-30)37-24-36(42-43-39(37)41)35-6-4-5-7-38(35)49)29-12-20-46(21-13-29)32-22-34(23-32)50-33-14-18-45(19-15-33)25-28-10-16-44(3)17-11-28/h4-7,24,28-34,49H,8-23,25-27H2,1-3H3,(H2,41,43). The molecule has 5 aliphatic heterocycles. The van der Waals surface area contributed by atoms with Crippen molar-refractivity contribution in [3.63, 3.8) is 0 Å². The molecule has 2 atom stereocenters. The Morgan fingerprint density at radius 2 is 1.50 bits per heavy atom. The summed E-state index contributed by atoms with van der Waals surface area (Å²) in [7, 11) is 2.26. The number of hydrogen-bond donors (Lipinski definition) is 2. The predicted molar refractivity (Wildman–Crippen MR) is 200 cm³/mol. The Morgan fingerprint density at radius 3 is 2.18 bits per heavy atom. The summed E-state index contributed by atoms with van der Waals surface area (Å²) in [6, 6.07) is 11.1. The van der Waals surface area contributed by atoms with Gasteiger partial charge >= 0.3 is 0 Å². The minimum atomic E-state index is 0.167. The number of anilines is 2. The molecule has 0 radical (unpaired) electrons. The second-order valence-electron chi connectivity index (χ2n) is 17.3. The van der Waals surface area contributed by atoms with Gasteiger partial charge in [-0.05, 0) is 141 Å². The maximum absolute atomic E-state index is 10.4. The molecule has 6 heterocycles. The van der Waals surface area contributed by atoms with Crippen molar-refractivity contribution in [2.75, 3.05) is 76.6 Å². The van der Waals surface area contributed by atoms with Crippen molar-refractivity contribution in [2.24, 2.45) is 11.8 Å². The maximum atomic E-state index is 10.4. The van der Waals surface area contributed by atoms with Crippen LogP contribution in [0, 0.1) is 11.8 Å². The number of para-hydroxylation sites is 1. The van der Waals surface area contributed by atoms with Gasteiger partial charge in [-0.15, -0.1) is 10.2 Å². The monoisotopic (exact) mass is 686 g/mol. The third-order valence-corrected chi connectivity index (χ3v) is 13.9. The number of piperazine rings is 1. The van der Waals surface area contributed by atoms with E-state index in [9.17, 15) is 5.11 Å². The molecule has 50 heavy (non-hydrogen) atoms. The number of nitrogen functional groups attached to an aromatic ring is 1. The normalized spacial score (nSPS) is 30.2. The Kier molecular flexibility index (Phi) is 10.0. The highest BCUT2D eigenvalue weighted by atomic mass is 16.5. The molecule has 1 aromatic carbocycles. The molecule has 1 aromatic heterocycles. The van der Waals surface area contributed by atoms with E-state index >= 15 is 0 Å². The molecular formula is C40H62N8O2. The Morgan fingerprint density at radius 1 is 0.820 bits per heavy atom. The highest BCUT2D eigenvalue weighted by Gasteiger charge is 2.50. The quantitative estimate of drug-likeness (QED) is 0.378. The van der Waals surface area contributed by atoms with Crippen LogP contribution in [-0.4, -0.2) is 137 Å². The van der Waals surface area contributed by atoms with Crippen molar-refractivity contribution in [3.8, 4) is 17.0 Å². The largest absolute Gasteiger partial charge is 0.507 e. The van der Waals surface area contributed by atoms with Crippen LogP contribution in [0.3, 0.4) is 0 Å². The van der Waals surface area contributed by atoms with Crippen LogP contribution < -0.4 is 10.6 Å². The van der Waals surface area contributed by atoms with Gasteiger partial charge in [0.25, 0.3) is 0 Å². The smallest absolute Gasteiger partial charge is 0.169 e. The lowest BCUT2D eigenvalue weighted by atomic mass is 9.76. The molecule has 1 aliphatic carbocycles. The molecule has 10 heteroatoms. The van der Waals surface area contributed by atoms with Crippen LogP contribution in [0.25, 0.3) is 11.3 Å². The fraction of sp³-hybridized carbons (Fsp3) is 0.750. The van der Waals surface area contributed by atoms with Gasteiger partial charge in [0, 0.05) is 62.0 Å². The van der Waals surface area contributed by atoms with Crippen LogP contribution in [0.4, 0.5) is 11.5 Å². The lowest BCUT2D eigenvalue weighted by Crippen LogP contribution is -2.64. The molecule has 6 fully saturated rings. The number of aromatic hydroxyl groups is 1. The number of likely N-dealkylation sites (tertiary alicyclic amines) is 3. The van der Waals surface area contributed by atoms with Gasteiger partial charge in [-0.3, -0.25) is 4.90 Å². The van der Waals surface area contributed by atoms with Crippen molar-refractivity contribution in [3.05, 3.63) is 30.3 Å². The van der Waals surface area contributed by atoms with Crippen molar-refractivity contribution in [1.29, 1.82) is 0 Å². The average molecular weight is 687 g/mol. The molecular weight excluding hydrogens is 624 g/mol. The van der Waals surface area contributed by atoms with E-state index < -0.39 is 0 Å². The Balaban J connectivity index is 0.790. The topological polar surface area (TPSA) is 97.5 Å². The van der Waals surface area contributed by atoms with Gasteiger partial charge in [0.1, 0.15) is 5.75 Å². The van der Waals surface area contributed by atoms with Gasteiger partial charge in [-0.2, -0.15) is 0 Å². The van der Waals surface area contributed by atoms with E-state index in [2.05, 4.69) is 55.6 Å². The molecule has 10 nitrogen and oxygen atoms in total. The van der Waals surface area contributed by atoms with E-state index in [1.54, 1.807) is 6.07 Å². The molecule has 0 spiro atoms. The first-order valence-corrected chi connectivity index (χ1v) is 20.0. The average Bonchev–Trinajstić information content (AvgIpc) is 3.39. The summed E-state index contributed by atoms with van der Waals surface area (Å²) in [5.41, 5.74) is 8.89. The van der Waals surface area contributed by atoms with Crippen molar-refractivity contribution in [1.82, 2.24) is 29.8 Å². The van der Waals surface area contributed by atoms with Gasteiger partial charge in [0.2, 0.25) is 0 Å². The van der Waals surface area contributed by atoms with Gasteiger partial charge in [-0.1, -0.05) is 12.1 Å². The van der Waals surface area contributed by atoms with E-state index in [0.717, 1.165) is 30.7 Å². The molecule has 274 valence electrons. The number of benzene rings is 1. The Bertz CT molecular complexity index is 1430. The minimum absolute atomic E-state index is 0.167. The first kappa shape index (κ1) is 34.6. The predicted octanol–water partition coefficient (Wildman–Crippen LogP) is 4.93. The zero-order chi connectivity index (χ0) is 34.4. The fourth-order valence-corrected chi connectivity index (χ4v) is 10.7. The number of phenolic OH excluding ortho intramolecular Hbond substituents is 1. The summed E-state index contributed by atoms with van der Waals surface area (Å²) in [6.07, 6.45) is 13.6. The van der Waals surface area contributed by atoms with Crippen LogP contribution >= 0.6 is 0 Å². The highest BCUT2D eigenvalue weighted by molar-refractivity contribution is 5.74. The molecule has 2 bridgehead atoms. The van der Waals surface area contributed by atoms with Crippen LogP contribution in [0.2, 0.25) is 0 Å². The molecule has 1 saturated carbocycles. The third-order valence-electron chi connectivity index (χ3n) is 13.9. The maximum Gasteiger partial charge on any atom is 0.169 e. The number of hydrogen-bond acceptors (Lipinski definition) is 10. The summed E-state index contributed by atoms with van der Waals surface area (Å²) in [6.45, 7) is 15.7. The molecule has 6 aliphatic rings. The number of rotatable bonds is 9. The minimum Gasteiger partial charge on any atom is -0.507 e. The molecule has 3 N–H and O–H groups in total. The number of nitrogens with two attached hydrogens (primary N) is 1. The summed E-state index contributed by atoms with van der Waals surface area (Å²) in [4.78, 5) is 13.3.